The number of carbonyl (C=O) groups excluding carboxylic acids is 3. The lowest BCUT2D eigenvalue weighted by atomic mass is 9.99. The lowest BCUT2D eigenvalue weighted by Crippen LogP contribution is -2.52. The van der Waals surface area contributed by atoms with Crippen LogP contribution in [0, 0.1) is 5.92 Å². The third-order valence-electron chi connectivity index (χ3n) is 7.03. The van der Waals surface area contributed by atoms with E-state index in [1.54, 1.807) is 66.7 Å². The summed E-state index contributed by atoms with van der Waals surface area (Å²) in [4.78, 5) is 37.5. The first-order valence-corrected chi connectivity index (χ1v) is 17.0. The Hall–Kier alpha value is -2.46. The van der Waals surface area contributed by atoms with E-state index in [0.717, 1.165) is 0 Å². The number of carbonyl (C=O) groups is 3. The fourth-order valence-electron chi connectivity index (χ4n) is 4.75. The van der Waals surface area contributed by atoms with Crippen LogP contribution in [0.15, 0.2) is 24.3 Å². The first-order valence-electron chi connectivity index (χ1n) is 14.8. The molecular formula is C30H42Cl2N2O11S. The van der Waals surface area contributed by atoms with Gasteiger partial charge in [0.05, 0.1) is 29.4 Å². The summed E-state index contributed by atoms with van der Waals surface area (Å²) in [5, 5.41) is 3.18. The average molecular weight is 710 g/mol. The fraction of sp³-hybridized carbons (Fsp3) is 0.633. The monoisotopic (exact) mass is 708 g/mol. The number of esters is 1. The molecule has 6 unspecified atom stereocenters. The number of nitrogens with one attached hydrogen (secondary N) is 2. The molecule has 16 heteroatoms. The largest absolute Gasteiger partial charge is 0.462 e. The van der Waals surface area contributed by atoms with Crippen LogP contribution >= 0.6 is 23.2 Å². The molecule has 2 saturated heterocycles. The maximum atomic E-state index is 12.9. The van der Waals surface area contributed by atoms with Crippen molar-refractivity contribution in [1.29, 1.82) is 0 Å². The summed E-state index contributed by atoms with van der Waals surface area (Å²) in [5.41, 5.74) is -0.157. The van der Waals surface area contributed by atoms with E-state index in [4.69, 9.17) is 51.1 Å². The molecular weight excluding hydrogens is 667 g/mol. The van der Waals surface area contributed by atoms with Crippen LogP contribution in [0.4, 0.5) is 4.79 Å². The summed E-state index contributed by atoms with van der Waals surface area (Å²) in [5.74, 6) is -2.99. The van der Waals surface area contributed by atoms with E-state index in [9.17, 15) is 22.8 Å². The molecule has 0 spiro atoms. The van der Waals surface area contributed by atoms with Gasteiger partial charge in [0.15, 0.2) is 5.79 Å². The Kier molecular flexibility index (Phi) is 12.9. The first-order chi connectivity index (χ1) is 21.3. The number of hydrogen-bond acceptors (Lipinski definition) is 11. The van der Waals surface area contributed by atoms with Crippen molar-refractivity contribution in [3.8, 4) is 0 Å². The third-order valence-corrected chi connectivity index (χ3v) is 8.67. The number of ether oxygens (including phenoxy) is 5. The standard InChI is InChI=1S/C30H42Cl2N2O11S/c1-8-17(2)24(33-28(37)45-29(3,4)5)27(36)34-46(38,39)41-16-22-26-25(43-30(6,7)44-26)21(42-22)13-14-40-23(35)12-10-18-9-11-19(31)20(32)15-18/h9-12,15,17,21-22,24-26H,8,13-14,16H2,1-7H3,(H,33,37)(H,34,36). The number of fused-ring (bicyclic) bond motifs is 1. The summed E-state index contributed by atoms with van der Waals surface area (Å²) in [7, 11) is -4.62. The van der Waals surface area contributed by atoms with Gasteiger partial charge in [-0.05, 0) is 64.3 Å². The average Bonchev–Trinajstić information content (AvgIpc) is 3.42. The minimum absolute atomic E-state index is 0.0220. The van der Waals surface area contributed by atoms with Crippen LogP contribution in [-0.2, 0) is 47.8 Å². The van der Waals surface area contributed by atoms with Gasteiger partial charge in [-0.1, -0.05) is 49.5 Å². The van der Waals surface area contributed by atoms with Gasteiger partial charge in [0.1, 0.15) is 30.0 Å². The van der Waals surface area contributed by atoms with Crippen LogP contribution in [0.1, 0.15) is 66.9 Å². The Bertz CT molecular complexity index is 1400. The number of alkyl carbamates (subject to hydrolysis) is 1. The molecule has 6 atom stereocenters. The van der Waals surface area contributed by atoms with Gasteiger partial charge in [-0.3, -0.25) is 8.98 Å². The van der Waals surface area contributed by atoms with Crippen molar-refractivity contribution in [2.75, 3.05) is 13.2 Å². The second kappa shape index (κ2) is 15.6. The molecule has 0 aromatic heterocycles. The van der Waals surface area contributed by atoms with Gasteiger partial charge in [0.25, 0.3) is 5.91 Å². The summed E-state index contributed by atoms with van der Waals surface area (Å²) >= 11 is 11.9. The van der Waals surface area contributed by atoms with Crippen LogP contribution in [0.25, 0.3) is 6.08 Å². The Morgan fingerprint density at radius 1 is 1.09 bits per heavy atom. The van der Waals surface area contributed by atoms with Gasteiger partial charge in [-0.15, -0.1) is 0 Å². The molecule has 0 radical (unpaired) electrons. The van der Waals surface area contributed by atoms with Gasteiger partial charge in [-0.25, -0.2) is 14.3 Å². The molecule has 2 aliphatic rings. The van der Waals surface area contributed by atoms with Gasteiger partial charge in [0, 0.05) is 12.5 Å². The highest BCUT2D eigenvalue weighted by Gasteiger charge is 2.55. The predicted molar refractivity (Wildman–Crippen MR) is 169 cm³/mol. The van der Waals surface area contributed by atoms with Crippen molar-refractivity contribution in [2.45, 2.75) is 103 Å². The molecule has 1 aromatic carbocycles. The highest BCUT2D eigenvalue weighted by molar-refractivity contribution is 7.85. The van der Waals surface area contributed by atoms with Crippen molar-refractivity contribution in [3.05, 3.63) is 39.9 Å². The number of benzene rings is 1. The van der Waals surface area contributed by atoms with Crippen LogP contribution in [-0.4, -0.2) is 81.4 Å². The zero-order valence-electron chi connectivity index (χ0n) is 26.8. The van der Waals surface area contributed by atoms with E-state index in [1.807, 2.05) is 4.72 Å². The highest BCUT2D eigenvalue weighted by Crippen LogP contribution is 2.40. The Morgan fingerprint density at radius 2 is 1.74 bits per heavy atom. The van der Waals surface area contributed by atoms with Gasteiger partial charge in [0.2, 0.25) is 0 Å². The first kappa shape index (κ1) is 38.0. The molecule has 1 aromatic rings. The molecule has 0 bridgehead atoms. The van der Waals surface area contributed by atoms with E-state index in [2.05, 4.69) is 5.32 Å². The van der Waals surface area contributed by atoms with Gasteiger partial charge < -0.3 is 29.0 Å². The SMILES string of the molecule is CCC(C)C(NC(=O)OC(C)(C)C)C(=O)NS(=O)(=O)OCC1OC(CCOC(=O)C=Cc2ccc(Cl)c(Cl)c2)C2OC(C)(C)OC12. The molecule has 258 valence electrons. The molecule has 2 fully saturated rings. The number of amides is 2. The van der Waals surface area contributed by atoms with Crippen molar-refractivity contribution in [3.63, 3.8) is 0 Å². The highest BCUT2D eigenvalue weighted by atomic mass is 35.5. The minimum Gasteiger partial charge on any atom is -0.462 e. The normalized spacial score (nSPS) is 23.8. The summed E-state index contributed by atoms with van der Waals surface area (Å²) in [6.07, 6.45) is -0.189. The second-order valence-electron chi connectivity index (χ2n) is 12.5. The molecule has 2 amide bonds. The number of rotatable bonds is 13. The van der Waals surface area contributed by atoms with E-state index < -0.39 is 82.6 Å². The molecule has 3 rings (SSSR count). The Balaban J connectivity index is 1.56. The molecule has 46 heavy (non-hydrogen) atoms. The van der Waals surface area contributed by atoms with Crippen LogP contribution in [0.5, 0.6) is 0 Å². The maximum Gasteiger partial charge on any atom is 0.408 e. The van der Waals surface area contributed by atoms with Crippen molar-refractivity contribution in [2.24, 2.45) is 5.92 Å². The van der Waals surface area contributed by atoms with Crippen LogP contribution in [0.2, 0.25) is 10.0 Å². The number of hydrogen-bond donors (Lipinski definition) is 2. The van der Waals surface area contributed by atoms with E-state index in [0.29, 0.717) is 22.0 Å². The smallest absolute Gasteiger partial charge is 0.408 e. The van der Waals surface area contributed by atoms with E-state index >= 15 is 0 Å². The Morgan fingerprint density at radius 3 is 2.35 bits per heavy atom. The lowest BCUT2D eigenvalue weighted by molar-refractivity contribution is -0.191. The molecule has 0 saturated carbocycles. The fourth-order valence-corrected chi connectivity index (χ4v) is 5.80. The Labute approximate surface area is 279 Å². The molecule has 2 aliphatic heterocycles. The third kappa shape index (κ3) is 11.4. The summed E-state index contributed by atoms with van der Waals surface area (Å²) in [6, 6.07) is 3.71. The van der Waals surface area contributed by atoms with Gasteiger partial charge in [-0.2, -0.15) is 8.42 Å². The molecule has 2 heterocycles. The molecule has 13 nitrogen and oxygen atoms in total. The lowest BCUT2D eigenvalue weighted by Gasteiger charge is -2.26. The van der Waals surface area contributed by atoms with Crippen molar-refractivity contribution in [1.82, 2.24) is 10.0 Å². The molecule has 2 N–H and O–H groups in total. The zero-order chi connectivity index (χ0) is 34.4. The summed E-state index contributed by atoms with van der Waals surface area (Å²) < 4.78 is 61.0. The quantitative estimate of drug-likeness (QED) is 0.218. The van der Waals surface area contributed by atoms with Crippen molar-refractivity contribution >= 4 is 57.6 Å². The molecule has 0 aliphatic carbocycles. The maximum absolute atomic E-state index is 12.9. The van der Waals surface area contributed by atoms with Crippen LogP contribution < -0.4 is 10.0 Å². The predicted octanol–water partition coefficient (Wildman–Crippen LogP) is 4.54. The minimum atomic E-state index is -4.62. The topological polar surface area (TPSA) is 165 Å². The van der Waals surface area contributed by atoms with E-state index in [-0.39, 0.29) is 13.0 Å². The number of halogens is 2. The van der Waals surface area contributed by atoms with Crippen molar-refractivity contribution < 1.29 is 50.7 Å². The van der Waals surface area contributed by atoms with Crippen LogP contribution in [0.3, 0.4) is 0 Å². The summed E-state index contributed by atoms with van der Waals surface area (Å²) in [6.45, 7) is 11.3. The van der Waals surface area contributed by atoms with E-state index in [1.165, 1.54) is 12.2 Å². The zero-order valence-corrected chi connectivity index (χ0v) is 29.2. The second-order valence-corrected chi connectivity index (χ2v) is 14.6. The van der Waals surface area contributed by atoms with Gasteiger partial charge >= 0.3 is 22.4 Å².